The number of H-pyrrole nitrogens is 1. The van der Waals surface area contributed by atoms with Gasteiger partial charge in [-0.15, -0.1) is 0 Å². The summed E-state index contributed by atoms with van der Waals surface area (Å²) in [6.45, 7) is 0.334. The number of nitrogens with one attached hydrogen (secondary N) is 1. The molecule has 1 atom stereocenters. The first-order valence-electron chi connectivity index (χ1n) is 4.75. The predicted octanol–water partition coefficient (Wildman–Crippen LogP) is 0.695. The number of fused-ring (bicyclic) bond motifs is 3. The number of ether oxygens (including phenoxy) is 2. The third kappa shape index (κ3) is 1.24. The van der Waals surface area contributed by atoms with E-state index in [0.29, 0.717) is 18.1 Å². The summed E-state index contributed by atoms with van der Waals surface area (Å²) in [4.78, 5) is 0. The monoisotopic (exact) mass is 206 g/mol. The fourth-order valence-corrected chi connectivity index (χ4v) is 1.68. The zero-order valence-corrected chi connectivity index (χ0v) is 7.93. The molecule has 0 unspecified atom stereocenters. The van der Waals surface area contributed by atoms with Crippen LogP contribution in [0.2, 0.25) is 0 Å². The van der Waals surface area contributed by atoms with Crippen LogP contribution in [0.5, 0.6) is 11.5 Å². The van der Waals surface area contributed by atoms with Crippen molar-refractivity contribution in [1.29, 1.82) is 0 Å². The smallest absolute Gasteiger partial charge is 0.172 e. The van der Waals surface area contributed by atoms with E-state index in [-0.39, 0.29) is 12.7 Å². The number of hydrogen-bond acceptors (Lipinski definition) is 4. The molecule has 0 amide bonds. The van der Waals surface area contributed by atoms with Gasteiger partial charge in [0.05, 0.1) is 23.7 Å². The number of aromatic amines is 1. The summed E-state index contributed by atoms with van der Waals surface area (Å²) in [5, 5.41) is 16.7. The van der Waals surface area contributed by atoms with E-state index in [4.69, 9.17) is 14.6 Å². The van der Waals surface area contributed by atoms with E-state index in [1.807, 2.05) is 12.1 Å². The zero-order valence-electron chi connectivity index (χ0n) is 7.93. The molecule has 0 radical (unpaired) electrons. The largest absolute Gasteiger partial charge is 0.486 e. The van der Waals surface area contributed by atoms with E-state index < -0.39 is 0 Å². The average Bonchev–Trinajstić information content (AvgIpc) is 2.76. The van der Waals surface area contributed by atoms with Crippen molar-refractivity contribution in [1.82, 2.24) is 10.2 Å². The standard InChI is InChI=1S/C10H10N2O3/c13-4-6-5-14-9-2-1-8-7(3-11-12-8)10(9)15-6/h1-3,6,13H,4-5H2,(H,11,12)/t6-/m0/s1. The summed E-state index contributed by atoms with van der Waals surface area (Å²) in [6, 6.07) is 3.73. The van der Waals surface area contributed by atoms with Crippen molar-refractivity contribution in [2.75, 3.05) is 13.2 Å². The minimum Gasteiger partial charge on any atom is -0.486 e. The second-order valence-corrected chi connectivity index (χ2v) is 3.46. The van der Waals surface area contributed by atoms with Gasteiger partial charge in [0.25, 0.3) is 0 Å². The Labute approximate surface area is 85.6 Å². The van der Waals surface area contributed by atoms with Gasteiger partial charge in [-0.05, 0) is 12.1 Å². The minimum atomic E-state index is -0.294. The number of hydrogen-bond donors (Lipinski definition) is 2. The quantitative estimate of drug-likeness (QED) is 0.720. The molecule has 1 aromatic heterocycles. The summed E-state index contributed by atoms with van der Waals surface area (Å²) < 4.78 is 11.1. The van der Waals surface area contributed by atoms with Gasteiger partial charge >= 0.3 is 0 Å². The third-order valence-corrected chi connectivity index (χ3v) is 2.45. The highest BCUT2D eigenvalue weighted by molar-refractivity contribution is 5.87. The van der Waals surface area contributed by atoms with Crippen LogP contribution in [0.1, 0.15) is 0 Å². The van der Waals surface area contributed by atoms with Crippen LogP contribution < -0.4 is 9.47 Å². The lowest BCUT2D eigenvalue weighted by Gasteiger charge is -2.25. The molecule has 0 fully saturated rings. The summed E-state index contributed by atoms with van der Waals surface area (Å²) >= 11 is 0. The first kappa shape index (κ1) is 8.55. The van der Waals surface area contributed by atoms with Crippen molar-refractivity contribution in [2.45, 2.75) is 6.10 Å². The van der Waals surface area contributed by atoms with E-state index in [1.54, 1.807) is 6.20 Å². The highest BCUT2D eigenvalue weighted by Gasteiger charge is 2.22. The third-order valence-electron chi connectivity index (χ3n) is 2.45. The Morgan fingerprint density at radius 2 is 2.47 bits per heavy atom. The molecule has 5 nitrogen and oxygen atoms in total. The van der Waals surface area contributed by atoms with Crippen molar-refractivity contribution >= 4 is 10.9 Å². The molecule has 0 saturated heterocycles. The SMILES string of the molecule is OC[C@H]1COc2ccc3[nH]ncc3c2O1. The van der Waals surface area contributed by atoms with E-state index in [1.165, 1.54) is 0 Å². The molecule has 0 aliphatic carbocycles. The predicted molar refractivity (Wildman–Crippen MR) is 53.1 cm³/mol. The number of benzene rings is 1. The summed E-state index contributed by atoms with van der Waals surface area (Å²) in [6.07, 6.45) is 1.40. The Morgan fingerprint density at radius 1 is 1.53 bits per heavy atom. The molecule has 0 spiro atoms. The molecule has 2 N–H and O–H groups in total. The second kappa shape index (κ2) is 3.13. The van der Waals surface area contributed by atoms with Gasteiger partial charge in [0.1, 0.15) is 6.61 Å². The molecular formula is C10H10N2O3. The Morgan fingerprint density at radius 3 is 3.33 bits per heavy atom. The summed E-state index contributed by atoms with van der Waals surface area (Å²) in [5.74, 6) is 1.36. The van der Waals surface area contributed by atoms with Crippen molar-refractivity contribution in [3.8, 4) is 11.5 Å². The van der Waals surface area contributed by atoms with Crippen LogP contribution >= 0.6 is 0 Å². The van der Waals surface area contributed by atoms with Gasteiger partial charge in [-0.3, -0.25) is 5.10 Å². The van der Waals surface area contributed by atoms with Crippen LogP contribution in [0.15, 0.2) is 18.3 Å². The molecule has 3 rings (SSSR count). The van der Waals surface area contributed by atoms with Gasteiger partial charge in [-0.25, -0.2) is 0 Å². The topological polar surface area (TPSA) is 67.4 Å². The van der Waals surface area contributed by atoms with Crippen LogP contribution in [-0.2, 0) is 0 Å². The Balaban J connectivity index is 2.15. The maximum absolute atomic E-state index is 9.01. The summed E-state index contributed by atoms with van der Waals surface area (Å²) in [5.41, 5.74) is 0.899. The number of aromatic nitrogens is 2. The van der Waals surface area contributed by atoms with E-state index in [0.717, 1.165) is 10.9 Å². The highest BCUT2D eigenvalue weighted by atomic mass is 16.6. The van der Waals surface area contributed by atoms with Crippen LogP contribution in [0, 0.1) is 0 Å². The Kier molecular flexibility index (Phi) is 1.78. The first-order valence-corrected chi connectivity index (χ1v) is 4.75. The van der Waals surface area contributed by atoms with Gasteiger partial charge in [-0.2, -0.15) is 5.10 Å². The van der Waals surface area contributed by atoms with Gasteiger partial charge in [0.15, 0.2) is 17.6 Å². The molecule has 1 aromatic carbocycles. The maximum atomic E-state index is 9.01. The van der Waals surface area contributed by atoms with Gasteiger partial charge < -0.3 is 14.6 Å². The lowest BCUT2D eigenvalue weighted by atomic mass is 10.2. The highest BCUT2D eigenvalue weighted by Crippen LogP contribution is 2.37. The minimum absolute atomic E-state index is 0.0479. The molecule has 2 aromatic rings. The molecule has 1 aliphatic heterocycles. The zero-order chi connectivity index (χ0) is 10.3. The van der Waals surface area contributed by atoms with Gasteiger partial charge in [0.2, 0.25) is 0 Å². The van der Waals surface area contributed by atoms with Crippen LogP contribution in [0.3, 0.4) is 0 Å². The van der Waals surface area contributed by atoms with E-state index >= 15 is 0 Å². The van der Waals surface area contributed by atoms with Crippen molar-refractivity contribution in [3.63, 3.8) is 0 Å². The number of rotatable bonds is 1. The van der Waals surface area contributed by atoms with Crippen LogP contribution in [-0.4, -0.2) is 34.6 Å². The lowest BCUT2D eigenvalue weighted by molar-refractivity contribution is 0.0472. The summed E-state index contributed by atoms with van der Waals surface area (Å²) in [7, 11) is 0. The Hall–Kier alpha value is -1.75. The molecule has 0 saturated carbocycles. The fraction of sp³-hybridized carbons (Fsp3) is 0.300. The first-order chi connectivity index (χ1) is 7.38. The van der Waals surface area contributed by atoms with E-state index in [2.05, 4.69) is 10.2 Å². The molecule has 1 aliphatic rings. The van der Waals surface area contributed by atoms with Crippen molar-refractivity contribution < 1.29 is 14.6 Å². The lowest BCUT2D eigenvalue weighted by Crippen LogP contribution is -2.32. The molecule has 0 bridgehead atoms. The second-order valence-electron chi connectivity index (χ2n) is 3.46. The Bertz CT molecular complexity index is 494. The molecule has 15 heavy (non-hydrogen) atoms. The van der Waals surface area contributed by atoms with E-state index in [9.17, 15) is 0 Å². The van der Waals surface area contributed by atoms with Crippen LogP contribution in [0.4, 0.5) is 0 Å². The average molecular weight is 206 g/mol. The molecule has 5 heteroatoms. The number of aliphatic hydroxyl groups is 1. The fourth-order valence-electron chi connectivity index (χ4n) is 1.68. The van der Waals surface area contributed by atoms with Gasteiger partial charge in [0, 0.05) is 0 Å². The van der Waals surface area contributed by atoms with Crippen LogP contribution in [0.25, 0.3) is 10.9 Å². The van der Waals surface area contributed by atoms with Crippen molar-refractivity contribution in [3.05, 3.63) is 18.3 Å². The maximum Gasteiger partial charge on any atom is 0.172 e. The normalized spacial score (nSPS) is 19.4. The number of aliphatic hydroxyl groups excluding tert-OH is 1. The molecular weight excluding hydrogens is 196 g/mol. The van der Waals surface area contributed by atoms with Crippen molar-refractivity contribution in [2.24, 2.45) is 0 Å². The molecule has 2 heterocycles. The van der Waals surface area contributed by atoms with Gasteiger partial charge in [-0.1, -0.05) is 0 Å². The number of nitrogens with zero attached hydrogens (tertiary/aromatic N) is 1. The molecule has 78 valence electrons.